The van der Waals surface area contributed by atoms with E-state index in [0.717, 1.165) is 29.2 Å². The summed E-state index contributed by atoms with van der Waals surface area (Å²) in [5.74, 6) is 1.75. The predicted molar refractivity (Wildman–Crippen MR) is 123 cm³/mol. The molecule has 138 valence electrons. The first kappa shape index (κ1) is 20.4. The number of pyridine rings is 1. The van der Waals surface area contributed by atoms with Gasteiger partial charge in [-0.15, -0.1) is 35.3 Å². The SMILES string of the molecule is CN=C(NCc1cccs1)NCc1cc(N(C)C)nc2ccccc12.I. The van der Waals surface area contributed by atoms with Gasteiger partial charge in [0.15, 0.2) is 5.96 Å². The average Bonchev–Trinajstić information content (AvgIpc) is 3.15. The van der Waals surface area contributed by atoms with Crippen LogP contribution in [0.2, 0.25) is 0 Å². The number of fused-ring (bicyclic) bond motifs is 1. The molecule has 2 aromatic heterocycles. The van der Waals surface area contributed by atoms with Crippen LogP contribution in [0.5, 0.6) is 0 Å². The van der Waals surface area contributed by atoms with E-state index in [1.165, 1.54) is 10.4 Å². The molecule has 0 spiro atoms. The number of aliphatic imine (C=N–C) groups is 1. The van der Waals surface area contributed by atoms with Crippen LogP contribution in [0, 0.1) is 0 Å². The minimum atomic E-state index is 0. The Morgan fingerprint density at radius 1 is 1.12 bits per heavy atom. The van der Waals surface area contributed by atoms with E-state index in [9.17, 15) is 0 Å². The summed E-state index contributed by atoms with van der Waals surface area (Å²) in [6.07, 6.45) is 0. The highest BCUT2D eigenvalue weighted by Gasteiger charge is 2.08. The normalized spacial score (nSPS) is 11.1. The van der Waals surface area contributed by atoms with Crippen molar-refractivity contribution < 1.29 is 0 Å². The number of hydrogen-bond acceptors (Lipinski definition) is 4. The second kappa shape index (κ2) is 9.72. The van der Waals surface area contributed by atoms with E-state index < -0.39 is 0 Å². The lowest BCUT2D eigenvalue weighted by Crippen LogP contribution is -2.36. The molecule has 1 aromatic carbocycles. The van der Waals surface area contributed by atoms with E-state index in [1.54, 1.807) is 18.4 Å². The van der Waals surface area contributed by atoms with Crippen molar-refractivity contribution >= 4 is 58.0 Å². The van der Waals surface area contributed by atoms with Gasteiger partial charge in [-0.3, -0.25) is 4.99 Å². The quantitative estimate of drug-likeness (QED) is 0.330. The molecule has 0 amide bonds. The van der Waals surface area contributed by atoms with Crippen molar-refractivity contribution in [2.24, 2.45) is 4.99 Å². The lowest BCUT2D eigenvalue weighted by Gasteiger charge is -2.16. The predicted octanol–water partition coefficient (Wildman–Crippen LogP) is 3.85. The van der Waals surface area contributed by atoms with E-state index in [1.807, 2.05) is 31.1 Å². The Morgan fingerprint density at radius 3 is 2.58 bits per heavy atom. The number of nitrogens with zero attached hydrogens (tertiary/aromatic N) is 3. The third kappa shape index (κ3) is 5.07. The molecule has 5 nitrogen and oxygen atoms in total. The first-order valence-electron chi connectivity index (χ1n) is 8.20. The molecule has 0 aliphatic rings. The molecule has 0 saturated heterocycles. The standard InChI is InChI=1S/C19H23N5S.HI/c1-20-19(22-13-15-7-6-10-25-15)21-12-14-11-18(24(2)3)23-17-9-5-4-8-16(14)17;/h4-11H,12-13H2,1-3H3,(H2,20,21,22);1H. The van der Waals surface area contributed by atoms with Gasteiger partial charge in [-0.25, -0.2) is 4.98 Å². The molecule has 0 aliphatic heterocycles. The van der Waals surface area contributed by atoms with Crippen LogP contribution in [0.1, 0.15) is 10.4 Å². The fourth-order valence-corrected chi connectivity index (χ4v) is 3.24. The molecule has 0 unspecified atom stereocenters. The molecule has 0 radical (unpaired) electrons. The van der Waals surface area contributed by atoms with Crippen LogP contribution in [-0.4, -0.2) is 32.1 Å². The summed E-state index contributed by atoms with van der Waals surface area (Å²) >= 11 is 1.74. The topological polar surface area (TPSA) is 52.6 Å². The number of thiophene rings is 1. The Balaban J connectivity index is 0.00000243. The van der Waals surface area contributed by atoms with E-state index in [0.29, 0.717) is 6.54 Å². The molecular formula is C19H24IN5S. The van der Waals surface area contributed by atoms with Gasteiger partial charge in [-0.2, -0.15) is 0 Å². The Kier molecular flexibility index (Phi) is 7.65. The summed E-state index contributed by atoms with van der Waals surface area (Å²) in [4.78, 5) is 12.3. The highest BCUT2D eigenvalue weighted by atomic mass is 127. The highest BCUT2D eigenvalue weighted by Crippen LogP contribution is 2.22. The Morgan fingerprint density at radius 2 is 1.88 bits per heavy atom. The molecule has 2 N–H and O–H groups in total. The molecule has 0 fully saturated rings. The first-order chi connectivity index (χ1) is 12.2. The van der Waals surface area contributed by atoms with Crippen molar-refractivity contribution in [3.8, 4) is 0 Å². The maximum absolute atomic E-state index is 4.71. The third-order valence-corrected chi connectivity index (χ3v) is 4.80. The van der Waals surface area contributed by atoms with Crippen molar-refractivity contribution in [3.05, 3.63) is 58.3 Å². The van der Waals surface area contributed by atoms with Gasteiger partial charge in [0.25, 0.3) is 0 Å². The van der Waals surface area contributed by atoms with Crippen LogP contribution in [-0.2, 0) is 13.1 Å². The number of benzene rings is 1. The Hall–Kier alpha value is -1.87. The summed E-state index contributed by atoms with van der Waals surface area (Å²) in [6.45, 7) is 1.46. The number of guanidine groups is 1. The van der Waals surface area contributed by atoms with E-state index >= 15 is 0 Å². The lowest BCUT2D eigenvalue weighted by molar-refractivity contribution is 0.817. The van der Waals surface area contributed by atoms with E-state index in [2.05, 4.69) is 51.3 Å². The second-order valence-corrected chi connectivity index (χ2v) is 6.94. The van der Waals surface area contributed by atoms with Crippen molar-refractivity contribution in [1.82, 2.24) is 15.6 Å². The molecule has 26 heavy (non-hydrogen) atoms. The van der Waals surface area contributed by atoms with Gasteiger partial charge in [-0.1, -0.05) is 24.3 Å². The summed E-state index contributed by atoms with van der Waals surface area (Å²) in [5, 5.41) is 10.00. The first-order valence-corrected chi connectivity index (χ1v) is 9.08. The fraction of sp³-hybridized carbons (Fsp3) is 0.263. The van der Waals surface area contributed by atoms with Gasteiger partial charge < -0.3 is 15.5 Å². The van der Waals surface area contributed by atoms with Crippen molar-refractivity contribution in [1.29, 1.82) is 0 Å². The summed E-state index contributed by atoms with van der Waals surface area (Å²) in [6, 6.07) is 14.5. The highest BCUT2D eigenvalue weighted by molar-refractivity contribution is 14.0. The van der Waals surface area contributed by atoms with Gasteiger partial charge in [0.1, 0.15) is 5.82 Å². The van der Waals surface area contributed by atoms with Crippen LogP contribution < -0.4 is 15.5 Å². The number of rotatable bonds is 5. The fourth-order valence-electron chi connectivity index (χ4n) is 2.59. The van der Waals surface area contributed by atoms with Crippen LogP contribution in [0.15, 0.2) is 52.8 Å². The molecule has 7 heteroatoms. The van der Waals surface area contributed by atoms with Crippen LogP contribution in [0.4, 0.5) is 5.82 Å². The summed E-state index contributed by atoms with van der Waals surface area (Å²) in [5.41, 5.74) is 2.21. The molecule has 0 aliphatic carbocycles. The number of halogens is 1. The van der Waals surface area contributed by atoms with E-state index in [4.69, 9.17) is 4.98 Å². The lowest BCUT2D eigenvalue weighted by atomic mass is 10.1. The monoisotopic (exact) mass is 481 g/mol. The molecule has 0 atom stereocenters. The van der Waals surface area contributed by atoms with Crippen molar-refractivity contribution in [3.63, 3.8) is 0 Å². The van der Waals surface area contributed by atoms with Gasteiger partial charge in [0.05, 0.1) is 12.1 Å². The summed E-state index contributed by atoms with van der Waals surface area (Å²) in [7, 11) is 5.81. The molecule has 2 heterocycles. The minimum absolute atomic E-state index is 0. The third-order valence-electron chi connectivity index (χ3n) is 3.93. The zero-order valence-electron chi connectivity index (χ0n) is 15.2. The minimum Gasteiger partial charge on any atom is -0.363 e. The largest absolute Gasteiger partial charge is 0.363 e. The average molecular weight is 481 g/mol. The molecule has 3 rings (SSSR count). The maximum Gasteiger partial charge on any atom is 0.191 e. The number of nitrogens with one attached hydrogen (secondary N) is 2. The maximum atomic E-state index is 4.71. The number of para-hydroxylation sites is 1. The smallest absolute Gasteiger partial charge is 0.191 e. The van der Waals surface area contributed by atoms with Crippen molar-refractivity contribution in [2.45, 2.75) is 13.1 Å². The van der Waals surface area contributed by atoms with Gasteiger partial charge >= 0.3 is 0 Å². The van der Waals surface area contributed by atoms with Gasteiger partial charge in [-0.05, 0) is 29.1 Å². The zero-order chi connectivity index (χ0) is 17.6. The number of hydrogen-bond donors (Lipinski definition) is 2. The Bertz CT molecular complexity index is 862. The van der Waals surface area contributed by atoms with Crippen molar-refractivity contribution in [2.75, 3.05) is 26.0 Å². The Labute approximate surface area is 175 Å². The second-order valence-electron chi connectivity index (χ2n) is 5.91. The number of anilines is 1. The van der Waals surface area contributed by atoms with Gasteiger partial charge in [0.2, 0.25) is 0 Å². The van der Waals surface area contributed by atoms with Crippen LogP contribution in [0.3, 0.4) is 0 Å². The molecular weight excluding hydrogens is 457 g/mol. The van der Waals surface area contributed by atoms with E-state index in [-0.39, 0.29) is 24.0 Å². The number of aromatic nitrogens is 1. The molecule has 0 saturated carbocycles. The van der Waals surface area contributed by atoms with Crippen LogP contribution >= 0.6 is 35.3 Å². The van der Waals surface area contributed by atoms with Gasteiger partial charge in [0, 0.05) is 38.0 Å². The zero-order valence-corrected chi connectivity index (χ0v) is 18.3. The summed E-state index contributed by atoms with van der Waals surface area (Å²) < 4.78 is 0. The van der Waals surface area contributed by atoms with Crippen LogP contribution in [0.25, 0.3) is 10.9 Å². The molecule has 0 bridgehead atoms. The molecule has 3 aromatic rings.